The van der Waals surface area contributed by atoms with Crippen molar-refractivity contribution in [2.75, 3.05) is 20.6 Å². The third kappa shape index (κ3) is 3.83. The predicted molar refractivity (Wildman–Crippen MR) is 100 cm³/mol. The van der Waals surface area contributed by atoms with Gasteiger partial charge in [0, 0.05) is 6.54 Å². The summed E-state index contributed by atoms with van der Waals surface area (Å²) in [7, 11) is 4.12. The van der Waals surface area contributed by atoms with Gasteiger partial charge in [-0.1, -0.05) is 42.5 Å². The van der Waals surface area contributed by atoms with Crippen LogP contribution in [0.25, 0.3) is 11.0 Å². The average molecular weight is 338 g/mol. The van der Waals surface area contributed by atoms with Gasteiger partial charge in [0.15, 0.2) is 0 Å². The van der Waals surface area contributed by atoms with E-state index >= 15 is 0 Å². The molecule has 1 unspecified atom stereocenters. The van der Waals surface area contributed by atoms with Crippen molar-refractivity contribution in [2.24, 2.45) is 0 Å². The lowest BCUT2D eigenvalue weighted by molar-refractivity contribution is 0.155. The van der Waals surface area contributed by atoms with Gasteiger partial charge in [-0.15, -0.1) is 0 Å². The zero-order chi connectivity index (χ0) is 17.8. The molecule has 1 atom stereocenters. The van der Waals surface area contributed by atoms with Crippen LogP contribution in [0.3, 0.4) is 0 Å². The van der Waals surface area contributed by atoms with Crippen LogP contribution in [0.2, 0.25) is 0 Å². The van der Waals surface area contributed by atoms with E-state index in [0.717, 1.165) is 36.1 Å². The van der Waals surface area contributed by atoms with E-state index in [9.17, 15) is 5.11 Å². The monoisotopic (exact) mass is 338 g/mol. The summed E-state index contributed by atoms with van der Waals surface area (Å²) >= 11 is 0. The van der Waals surface area contributed by atoms with Crippen molar-refractivity contribution < 1.29 is 5.11 Å². The second-order valence-corrected chi connectivity index (χ2v) is 6.66. The van der Waals surface area contributed by atoms with Gasteiger partial charge in [-0.2, -0.15) is 0 Å². The molecule has 0 saturated carbocycles. The van der Waals surface area contributed by atoms with Crippen molar-refractivity contribution in [3.8, 4) is 0 Å². The van der Waals surface area contributed by atoms with Crippen LogP contribution in [0.5, 0.6) is 0 Å². The van der Waals surface area contributed by atoms with Crippen molar-refractivity contribution in [3.05, 3.63) is 65.8 Å². The van der Waals surface area contributed by atoms with Crippen molar-refractivity contribution >= 4 is 11.0 Å². The van der Waals surface area contributed by atoms with Crippen LogP contribution in [-0.4, -0.2) is 39.8 Å². The Morgan fingerprint density at radius 2 is 1.56 bits per heavy atom. The van der Waals surface area contributed by atoms with Crippen molar-refractivity contribution in [3.63, 3.8) is 0 Å². The number of nitrogens with zero attached hydrogens (tertiary/aromatic N) is 3. The molecule has 25 heavy (non-hydrogen) atoms. The minimum Gasteiger partial charge on any atom is -0.387 e. The lowest BCUT2D eigenvalue weighted by atomic mass is 10.1. The molecule has 0 aliphatic heterocycles. The fourth-order valence-corrected chi connectivity index (χ4v) is 3.20. The molecule has 0 spiro atoms. The topological polar surface area (TPSA) is 57.2 Å². The number of aryl methyl sites for hydroxylation is 1. The Balaban J connectivity index is 1.92. The highest BCUT2D eigenvalue weighted by Crippen LogP contribution is 2.18. The van der Waals surface area contributed by atoms with Gasteiger partial charge < -0.3 is 19.1 Å². The van der Waals surface area contributed by atoms with Gasteiger partial charge in [0.2, 0.25) is 5.62 Å². The van der Waals surface area contributed by atoms with E-state index in [0.29, 0.717) is 12.2 Å². The summed E-state index contributed by atoms with van der Waals surface area (Å²) in [6.45, 7) is 2.16. The van der Waals surface area contributed by atoms with Crippen LogP contribution in [0, 0.1) is 5.41 Å². The van der Waals surface area contributed by atoms with E-state index in [1.807, 2.05) is 57.7 Å². The summed E-state index contributed by atoms with van der Waals surface area (Å²) in [4.78, 5) is 2.16. The maximum Gasteiger partial charge on any atom is 0.203 e. The van der Waals surface area contributed by atoms with Gasteiger partial charge in [0.25, 0.3) is 0 Å². The lowest BCUT2D eigenvalue weighted by Crippen LogP contribution is -2.27. The van der Waals surface area contributed by atoms with Gasteiger partial charge >= 0.3 is 0 Å². The number of hydrogen-bond donors (Lipinski definition) is 2. The standard InChI is InChI=1S/C20H26N4O/c1-22(2)13-8-14-23-17-11-6-7-12-18(17)24(20(23)21)15-19(25)16-9-4-3-5-10-16/h3-7,9-12,19,21,25H,8,13-15H2,1-2H3. The molecule has 1 aromatic heterocycles. The van der Waals surface area contributed by atoms with Crippen LogP contribution in [0.1, 0.15) is 18.1 Å². The van der Waals surface area contributed by atoms with Gasteiger partial charge in [0.1, 0.15) is 0 Å². The number of rotatable bonds is 7. The molecule has 5 heteroatoms. The molecule has 5 nitrogen and oxygen atoms in total. The molecule has 0 aliphatic rings. The SMILES string of the molecule is CN(C)CCCn1c(=N)n(CC(O)c2ccccc2)c2ccccc21. The highest BCUT2D eigenvalue weighted by atomic mass is 16.3. The number of fused-ring (bicyclic) bond motifs is 1. The molecular weight excluding hydrogens is 312 g/mol. The molecule has 0 saturated heterocycles. The van der Waals surface area contributed by atoms with E-state index in [-0.39, 0.29) is 0 Å². The van der Waals surface area contributed by atoms with Crippen molar-refractivity contribution in [1.29, 1.82) is 5.41 Å². The molecule has 2 N–H and O–H groups in total. The van der Waals surface area contributed by atoms with Crippen molar-refractivity contribution in [1.82, 2.24) is 14.0 Å². The highest BCUT2D eigenvalue weighted by Gasteiger charge is 2.14. The quantitative estimate of drug-likeness (QED) is 0.696. The first kappa shape index (κ1) is 17.5. The number of aliphatic hydroxyl groups excluding tert-OH is 1. The zero-order valence-corrected chi connectivity index (χ0v) is 14.9. The molecule has 3 rings (SSSR count). The lowest BCUT2D eigenvalue weighted by Gasteiger charge is -2.13. The second-order valence-electron chi connectivity index (χ2n) is 6.66. The van der Waals surface area contributed by atoms with Crippen LogP contribution in [-0.2, 0) is 13.1 Å². The molecule has 1 heterocycles. The summed E-state index contributed by atoms with van der Waals surface area (Å²) < 4.78 is 3.94. The van der Waals surface area contributed by atoms with E-state index < -0.39 is 6.10 Å². The Hall–Kier alpha value is -2.37. The fraction of sp³-hybridized carbons (Fsp3) is 0.350. The number of para-hydroxylation sites is 2. The molecule has 0 amide bonds. The highest BCUT2D eigenvalue weighted by molar-refractivity contribution is 5.75. The average Bonchev–Trinajstić information content (AvgIpc) is 2.88. The third-order valence-electron chi connectivity index (χ3n) is 4.50. The zero-order valence-electron chi connectivity index (χ0n) is 14.9. The Labute approximate surface area is 148 Å². The molecule has 3 aromatic rings. The van der Waals surface area contributed by atoms with E-state index in [1.165, 1.54) is 0 Å². The number of imidazole rings is 1. The number of nitrogens with one attached hydrogen (secondary N) is 1. The molecule has 0 radical (unpaired) electrons. The number of benzene rings is 2. The van der Waals surface area contributed by atoms with Crippen molar-refractivity contribution in [2.45, 2.75) is 25.6 Å². The maximum absolute atomic E-state index is 10.6. The predicted octanol–water partition coefficient (Wildman–Crippen LogP) is 2.61. The minimum absolute atomic E-state index is 0.379. The summed E-state index contributed by atoms with van der Waals surface area (Å²) in [5.74, 6) is 0. The first-order valence-electron chi connectivity index (χ1n) is 8.68. The summed E-state index contributed by atoms with van der Waals surface area (Å²) in [5, 5.41) is 19.2. The first-order valence-corrected chi connectivity index (χ1v) is 8.68. The largest absolute Gasteiger partial charge is 0.387 e. The smallest absolute Gasteiger partial charge is 0.203 e. The Kier molecular flexibility index (Phi) is 5.36. The van der Waals surface area contributed by atoms with Gasteiger partial charge in [-0.05, 0) is 44.8 Å². The number of hydrogen-bond acceptors (Lipinski definition) is 3. The normalized spacial score (nSPS) is 12.8. The summed E-state index contributed by atoms with van der Waals surface area (Å²) in [6.07, 6.45) is 0.357. The molecule has 0 fully saturated rings. The van der Waals surface area contributed by atoms with E-state index in [2.05, 4.69) is 25.1 Å². The van der Waals surface area contributed by atoms with Gasteiger partial charge in [0.05, 0.1) is 23.7 Å². The number of aromatic nitrogens is 2. The van der Waals surface area contributed by atoms with Crippen LogP contribution in [0.4, 0.5) is 0 Å². The first-order chi connectivity index (χ1) is 12.1. The Bertz CT molecular complexity index is 880. The van der Waals surface area contributed by atoms with Gasteiger partial charge in [-0.3, -0.25) is 5.41 Å². The second kappa shape index (κ2) is 7.68. The Morgan fingerprint density at radius 3 is 2.20 bits per heavy atom. The molecule has 0 bridgehead atoms. The molecular formula is C20H26N4O. The third-order valence-corrected chi connectivity index (χ3v) is 4.50. The van der Waals surface area contributed by atoms with Gasteiger partial charge in [-0.25, -0.2) is 0 Å². The van der Waals surface area contributed by atoms with E-state index in [4.69, 9.17) is 5.41 Å². The Morgan fingerprint density at radius 1 is 0.960 bits per heavy atom. The summed E-state index contributed by atoms with van der Waals surface area (Å²) in [6, 6.07) is 17.7. The molecule has 132 valence electrons. The maximum atomic E-state index is 10.6. The fourth-order valence-electron chi connectivity index (χ4n) is 3.20. The molecule has 2 aromatic carbocycles. The van der Waals surface area contributed by atoms with Crippen LogP contribution >= 0.6 is 0 Å². The molecule has 0 aliphatic carbocycles. The number of aliphatic hydroxyl groups is 1. The summed E-state index contributed by atoms with van der Waals surface area (Å²) in [5.41, 5.74) is 3.35. The van der Waals surface area contributed by atoms with Crippen LogP contribution in [0.15, 0.2) is 54.6 Å². The van der Waals surface area contributed by atoms with Crippen LogP contribution < -0.4 is 5.62 Å². The minimum atomic E-state index is -0.628. The van der Waals surface area contributed by atoms with E-state index in [1.54, 1.807) is 0 Å².